The first-order valence-corrected chi connectivity index (χ1v) is 8.95. The second-order valence-electron chi connectivity index (χ2n) is 6.26. The average molecular weight is 361 g/mol. The average Bonchev–Trinajstić information content (AvgIpc) is 2.74. The molecule has 3 aromatic carbocycles. The third-order valence-electron chi connectivity index (χ3n) is 4.37. The lowest BCUT2D eigenvalue weighted by Crippen LogP contribution is -2.36. The van der Waals surface area contributed by atoms with E-state index in [-0.39, 0.29) is 13.2 Å². The summed E-state index contributed by atoms with van der Waals surface area (Å²) in [5.41, 5.74) is 2.77. The van der Waals surface area contributed by atoms with E-state index in [1.807, 2.05) is 91.0 Å². The topological polar surface area (TPSA) is 49.8 Å². The monoisotopic (exact) mass is 361 g/mol. The summed E-state index contributed by atoms with van der Waals surface area (Å²) in [6, 6.07) is 28.3. The zero-order valence-corrected chi connectivity index (χ0v) is 15.1. The molecule has 4 heteroatoms. The van der Waals surface area contributed by atoms with Crippen molar-refractivity contribution < 1.29 is 14.6 Å². The molecular weight excluding hydrogens is 338 g/mol. The number of ether oxygens (including phenoxy) is 1. The normalized spacial score (nSPS) is 11.6. The summed E-state index contributed by atoms with van der Waals surface area (Å²) in [6.45, 7) is 0.365. The number of carbonyl (C=O) groups is 1. The van der Waals surface area contributed by atoms with Crippen molar-refractivity contribution in [1.29, 1.82) is 0 Å². The van der Waals surface area contributed by atoms with Crippen molar-refractivity contribution in [3.05, 3.63) is 108 Å². The number of aliphatic hydroxyl groups excluding tert-OH is 1. The summed E-state index contributed by atoms with van der Waals surface area (Å²) >= 11 is 0. The maximum atomic E-state index is 12.9. The van der Waals surface area contributed by atoms with Gasteiger partial charge in [-0.25, -0.2) is 4.79 Å². The number of hydrogen-bond acceptors (Lipinski definition) is 3. The van der Waals surface area contributed by atoms with Crippen LogP contribution in [0.1, 0.15) is 22.7 Å². The standard InChI is InChI=1S/C23H23NO3/c25-17-22(21-14-8-3-9-15-21)24(16-19-10-4-1-5-11-19)23(26)27-18-20-12-6-2-7-13-20/h1-15,22,25H,16-18H2. The number of rotatable bonds is 7. The van der Waals surface area contributed by atoms with Gasteiger partial charge in [-0.1, -0.05) is 91.0 Å². The molecule has 1 unspecified atom stereocenters. The maximum Gasteiger partial charge on any atom is 0.411 e. The molecule has 0 fully saturated rings. The van der Waals surface area contributed by atoms with E-state index >= 15 is 0 Å². The molecule has 1 N–H and O–H groups in total. The number of aliphatic hydroxyl groups is 1. The van der Waals surface area contributed by atoms with Gasteiger partial charge in [0.2, 0.25) is 0 Å². The molecule has 4 nitrogen and oxygen atoms in total. The molecule has 138 valence electrons. The van der Waals surface area contributed by atoms with E-state index in [2.05, 4.69) is 0 Å². The molecule has 0 aliphatic rings. The Morgan fingerprint density at radius 3 is 1.89 bits per heavy atom. The van der Waals surface area contributed by atoms with E-state index in [1.165, 1.54) is 0 Å². The first-order chi connectivity index (χ1) is 13.3. The minimum Gasteiger partial charge on any atom is -0.445 e. The molecule has 27 heavy (non-hydrogen) atoms. The summed E-state index contributed by atoms with van der Waals surface area (Å²) in [5, 5.41) is 10.0. The van der Waals surface area contributed by atoms with Crippen molar-refractivity contribution in [2.45, 2.75) is 19.2 Å². The molecule has 0 spiro atoms. The third-order valence-corrected chi connectivity index (χ3v) is 4.37. The Hall–Kier alpha value is -3.11. The summed E-state index contributed by atoms with van der Waals surface area (Å²) < 4.78 is 5.54. The fraction of sp³-hybridized carbons (Fsp3) is 0.174. The second kappa shape index (κ2) is 9.55. The quantitative estimate of drug-likeness (QED) is 0.671. The molecule has 0 aliphatic heterocycles. The largest absolute Gasteiger partial charge is 0.445 e. The fourth-order valence-corrected chi connectivity index (χ4v) is 2.94. The van der Waals surface area contributed by atoms with Crippen LogP contribution < -0.4 is 0 Å². The van der Waals surface area contributed by atoms with Gasteiger partial charge >= 0.3 is 6.09 Å². The predicted octanol–water partition coefficient (Wildman–Crippen LogP) is 4.56. The van der Waals surface area contributed by atoms with Gasteiger partial charge in [-0.15, -0.1) is 0 Å². The van der Waals surface area contributed by atoms with Gasteiger partial charge in [-0.05, 0) is 16.7 Å². The van der Waals surface area contributed by atoms with Crippen LogP contribution in [0.2, 0.25) is 0 Å². The smallest absolute Gasteiger partial charge is 0.411 e. The van der Waals surface area contributed by atoms with Gasteiger partial charge in [0.25, 0.3) is 0 Å². The Kier molecular flexibility index (Phi) is 6.61. The van der Waals surface area contributed by atoms with Crippen LogP contribution in [-0.4, -0.2) is 22.7 Å². The van der Waals surface area contributed by atoms with E-state index in [9.17, 15) is 9.90 Å². The van der Waals surface area contributed by atoms with Crippen LogP contribution in [0, 0.1) is 0 Å². The lowest BCUT2D eigenvalue weighted by Gasteiger charge is -2.30. The SMILES string of the molecule is O=C(OCc1ccccc1)N(Cc1ccccc1)C(CO)c1ccccc1. The van der Waals surface area contributed by atoms with Crippen molar-refractivity contribution in [3.63, 3.8) is 0 Å². The first kappa shape index (κ1) is 18.7. The molecule has 1 atom stereocenters. The summed E-state index contributed by atoms with van der Waals surface area (Å²) in [4.78, 5) is 14.5. The van der Waals surface area contributed by atoms with Gasteiger partial charge in [0.05, 0.1) is 12.6 Å². The van der Waals surface area contributed by atoms with E-state index < -0.39 is 12.1 Å². The molecule has 0 radical (unpaired) electrons. The van der Waals surface area contributed by atoms with E-state index in [0.29, 0.717) is 6.54 Å². The lowest BCUT2D eigenvalue weighted by atomic mass is 10.1. The van der Waals surface area contributed by atoms with Gasteiger partial charge in [0.15, 0.2) is 0 Å². The van der Waals surface area contributed by atoms with Crippen molar-refractivity contribution in [1.82, 2.24) is 4.90 Å². The van der Waals surface area contributed by atoms with Crippen LogP contribution >= 0.6 is 0 Å². The number of carbonyl (C=O) groups excluding carboxylic acids is 1. The molecule has 0 aliphatic carbocycles. The van der Waals surface area contributed by atoms with E-state index in [1.54, 1.807) is 4.90 Å². The highest BCUT2D eigenvalue weighted by Crippen LogP contribution is 2.24. The Bertz CT molecular complexity index is 822. The van der Waals surface area contributed by atoms with Gasteiger partial charge < -0.3 is 9.84 Å². The fourth-order valence-electron chi connectivity index (χ4n) is 2.94. The van der Waals surface area contributed by atoms with Crippen LogP contribution in [0.15, 0.2) is 91.0 Å². The summed E-state index contributed by atoms with van der Waals surface area (Å²) in [7, 11) is 0. The number of hydrogen-bond donors (Lipinski definition) is 1. The highest BCUT2D eigenvalue weighted by atomic mass is 16.6. The van der Waals surface area contributed by atoms with Crippen molar-refractivity contribution in [2.24, 2.45) is 0 Å². The Morgan fingerprint density at radius 2 is 1.33 bits per heavy atom. The van der Waals surface area contributed by atoms with Crippen LogP contribution in [0.5, 0.6) is 0 Å². The highest BCUT2D eigenvalue weighted by Gasteiger charge is 2.26. The zero-order valence-electron chi connectivity index (χ0n) is 15.1. The zero-order chi connectivity index (χ0) is 18.9. The summed E-state index contributed by atoms with van der Waals surface area (Å²) in [5.74, 6) is 0. The minimum atomic E-state index is -0.477. The van der Waals surface area contributed by atoms with Crippen molar-refractivity contribution >= 4 is 6.09 Å². The Balaban J connectivity index is 1.80. The minimum absolute atomic E-state index is 0.183. The third kappa shape index (κ3) is 5.19. The van der Waals surface area contributed by atoms with E-state index in [0.717, 1.165) is 16.7 Å². The molecular formula is C23H23NO3. The Labute approximate surface area is 159 Å². The van der Waals surface area contributed by atoms with Crippen molar-refractivity contribution in [2.75, 3.05) is 6.61 Å². The van der Waals surface area contributed by atoms with Crippen LogP contribution in [0.4, 0.5) is 4.79 Å². The van der Waals surface area contributed by atoms with Gasteiger partial charge in [0.1, 0.15) is 6.61 Å². The van der Waals surface area contributed by atoms with Gasteiger partial charge in [0, 0.05) is 6.54 Å². The molecule has 0 heterocycles. The van der Waals surface area contributed by atoms with Gasteiger partial charge in [-0.2, -0.15) is 0 Å². The number of benzene rings is 3. The predicted molar refractivity (Wildman–Crippen MR) is 105 cm³/mol. The van der Waals surface area contributed by atoms with E-state index in [4.69, 9.17) is 4.74 Å². The lowest BCUT2D eigenvalue weighted by molar-refractivity contribution is 0.0603. The van der Waals surface area contributed by atoms with Gasteiger partial charge in [-0.3, -0.25) is 4.90 Å². The molecule has 0 aromatic heterocycles. The van der Waals surface area contributed by atoms with Crippen LogP contribution in [0.25, 0.3) is 0 Å². The second-order valence-corrected chi connectivity index (χ2v) is 6.26. The molecule has 0 saturated carbocycles. The van der Waals surface area contributed by atoms with Crippen LogP contribution in [-0.2, 0) is 17.9 Å². The molecule has 0 saturated heterocycles. The molecule has 3 rings (SSSR count). The Morgan fingerprint density at radius 1 is 0.815 bits per heavy atom. The highest BCUT2D eigenvalue weighted by molar-refractivity contribution is 5.68. The first-order valence-electron chi connectivity index (χ1n) is 8.95. The van der Waals surface area contributed by atoms with Crippen molar-refractivity contribution in [3.8, 4) is 0 Å². The number of amides is 1. The molecule has 0 bridgehead atoms. The molecule has 3 aromatic rings. The molecule has 1 amide bonds. The van der Waals surface area contributed by atoms with Crippen LogP contribution in [0.3, 0.4) is 0 Å². The maximum absolute atomic E-state index is 12.9. The number of nitrogens with zero attached hydrogens (tertiary/aromatic N) is 1. The summed E-state index contributed by atoms with van der Waals surface area (Å²) in [6.07, 6.45) is -0.453.